The summed E-state index contributed by atoms with van der Waals surface area (Å²) >= 11 is 0. The third-order valence-corrected chi connectivity index (χ3v) is 3.60. The smallest absolute Gasteiger partial charge is 0.306 e. The quantitative estimate of drug-likeness (QED) is 0.652. The molecule has 0 radical (unpaired) electrons. The number of carbonyl (C=O) groups is 1. The van der Waals surface area contributed by atoms with E-state index in [1.165, 1.54) is 19.3 Å². The fourth-order valence-electron chi connectivity index (χ4n) is 2.94. The predicted octanol–water partition coefficient (Wildman–Crippen LogP) is 2.29. The second-order valence-corrected chi connectivity index (χ2v) is 4.31. The van der Waals surface area contributed by atoms with Gasteiger partial charge in [-0.25, -0.2) is 0 Å². The molecular weight excluding hydrogens is 152 g/mol. The van der Waals surface area contributed by atoms with Crippen molar-refractivity contribution in [2.75, 3.05) is 0 Å². The van der Waals surface area contributed by atoms with Gasteiger partial charge in [-0.15, -0.1) is 0 Å². The van der Waals surface area contributed by atoms with Crippen LogP contribution >= 0.6 is 0 Å². The fraction of sp³-hybridized carbons (Fsp3) is 0.900. The van der Waals surface area contributed by atoms with Crippen LogP contribution in [-0.2, 0) is 4.79 Å². The number of hydrogen-bond donors (Lipinski definition) is 1. The van der Waals surface area contributed by atoms with Gasteiger partial charge in [0.15, 0.2) is 0 Å². The molecule has 0 spiro atoms. The molecule has 12 heavy (non-hydrogen) atoms. The van der Waals surface area contributed by atoms with Gasteiger partial charge >= 0.3 is 5.97 Å². The van der Waals surface area contributed by atoms with Crippen molar-refractivity contribution in [3.05, 3.63) is 0 Å². The van der Waals surface area contributed by atoms with Gasteiger partial charge in [0.2, 0.25) is 0 Å². The standard InChI is InChI=1S/C10H16O2/c11-10(12)9-5-4-7-2-1-3-8(9)6-7/h7-9H,1-6H2,(H,11,12). The molecule has 0 aliphatic heterocycles. The molecule has 0 aromatic carbocycles. The lowest BCUT2D eigenvalue weighted by Gasteiger charge is -2.38. The van der Waals surface area contributed by atoms with Crippen LogP contribution in [0, 0.1) is 17.8 Å². The molecule has 68 valence electrons. The Hall–Kier alpha value is -0.530. The van der Waals surface area contributed by atoms with Crippen molar-refractivity contribution in [1.82, 2.24) is 0 Å². The zero-order chi connectivity index (χ0) is 8.55. The molecule has 2 aliphatic carbocycles. The molecule has 2 rings (SSSR count). The predicted molar refractivity (Wildman–Crippen MR) is 45.8 cm³/mol. The highest BCUT2D eigenvalue weighted by Crippen LogP contribution is 2.43. The van der Waals surface area contributed by atoms with E-state index in [0.717, 1.165) is 25.2 Å². The topological polar surface area (TPSA) is 37.3 Å². The van der Waals surface area contributed by atoms with Gasteiger partial charge < -0.3 is 5.11 Å². The van der Waals surface area contributed by atoms with E-state index < -0.39 is 5.97 Å². The number of fused-ring (bicyclic) bond motifs is 2. The van der Waals surface area contributed by atoms with Crippen LogP contribution in [0.3, 0.4) is 0 Å². The molecule has 0 aromatic rings. The Morgan fingerprint density at radius 3 is 2.75 bits per heavy atom. The average Bonchev–Trinajstić information content (AvgIpc) is 2.04. The van der Waals surface area contributed by atoms with Gasteiger partial charge in [-0.3, -0.25) is 4.79 Å². The third-order valence-electron chi connectivity index (χ3n) is 3.60. The molecule has 2 bridgehead atoms. The molecule has 2 saturated carbocycles. The SMILES string of the molecule is O=C(O)C1CCC2CCCC1C2. The van der Waals surface area contributed by atoms with E-state index in [9.17, 15) is 4.79 Å². The summed E-state index contributed by atoms with van der Waals surface area (Å²) in [5.41, 5.74) is 0. The van der Waals surface area contributed by atoms with Crippen LogP contribution in [-0.4, -0.2) is 11.1 Å². The van der Waals surface area contributed by atoms with Crippen LogP contribution in [0.5, 0.6) is 0 Å². The summed E-state index contributed by atoms with van der Waals surface area (Å²) < 4.78 is 0. The highest BCUT2D eigenvalue weighted by atomic mass is 16.4. The third kappa shape index (κ3) is 1.35. The Kier molecular flexibility index (Phi) is 2.07. The second-order valence-electron chi connectivity index (χ2n) is 4.31. The van der Waals surface area contributed by atoms with E-state index in [1.807, 2.05) is 0 Å². The van der Waals surface area contributed by atoms with Crippen molar-refractivity contribution >= 4 is 5.97 Å². The highest BCUT2D eigenvalue weighted by Gasteiger charge is 2.36. The molecule has 0 saturated heterocycles. The first-order valence-electron chi connectivity index (χ1n) is 5.00. The van der Waals surface area contributed by atoms with Crippen molar-refractivity contribution in [2.45, 2.75) is 38.5 Å². The maximum absolute atomic E-state index is 10.9. The number of carboxylic acids is 1. The maximum Gasteiger partial charge on any atom is 0.306 e. The van der Waals surface area contributed by atoms with E-state index in [-0.39, 0.29) is 5.92 Å². The lowest BCUT2D eigenvalue weighted by Crippen LogP contribution is -2.33. The van der Waals surface area contributed by atoms with Gasteiger partial charge in [0.05, 0.1) is 5.92 Å². The Morgan fingerprint density at radius 2 is 2.00 bits per heavy atom. The summed E-state index contributed by atoms with van der Waals surface area (Å²) in [6.45, 7) is 0. The zero-order valence-corrected chi connectivity index (χ0v) is 7.33. The van der Waals surface area contributed by atoms with Crippen LogP contribution in [0.1, 0.15) is 38.5 Å². The summed E-state index contributed by atoms with van der Waals surface area (Å²) in [6.07, 6.45) is 7.06. The summed E-state index contributed by atoms with van der Waals surface area (Å²) in [5, 5.41) is 8.95. The zero-order valence-electron chi connectivity index (χ0n) is 7.33. The van der Waals surface area contributed by atoms with E-state index in [0.29, 0.717) is 5.92 Å². The number of hydrogen-bond acceptors (Lipinski definition) is 1. The average molecular weight is 168 g/mol. The molecule has 3 unspecified atom stereocenters. The number of aliphatic carboxylic acids is 1. The minimum Gasteiger partial charge on any atom is -0.481 e. The van der Waals surface area contributed by atoms with E-state index in [2.05, 4.69) is 0 Å². The van der Waals surface area contributed by atoms with Gasteiger partial charge in [0, 0.05) is 0 Å². The van der Waals surface area contributed by atoms with Crippen LogP contribution < -0.4 is 0 Å². The van der Waals surface area contributed by atoms with Crippen LogP contribution in [0.4, 0.5) is 0 Å². The Bertz CT molecular complexity index is 188. The molecule has 0 amide bonds. The van der Waals surface area contributed by atoms with Crippen molar-refractivity contribution in [2.24, 2.45) is 17.8 Å². The molecule has 0 heterocycles. The van der Waals surface area contributed by atoms with Crippen LogP contribution in [0.25, 0.3) is 0 Å². The van der Waals surface area contributed by atoms with Gasteiger partial charge in [0.1, 0.15) is 0 Å². The molecule has 0 aromatic heterocycles. The fourth-order valence-corrected chi connectivity index (χ4v) is 2.94. The lowest BCUT2D eigenvalue weighted by atomic mass is 9.67. The minimum atomic E-state index is -0.555. The summed E-state index contributed by atoms with van der Waals surface area (Å²) in [5.74, 6) is 0.802. The van der Waals surface area contributed by atoms with Crippen molar-refractivity contribution < 1.29 is 9.90 Å². The molecule has 2 fully saturated rings. The number of carboxylic acid groups (broad SMARTS) is 1. The second kappa shape index (κ2) is 3.08. The molecule has 3 atom stereocenters. The van der Waals surface area contributed by atoms with Gasteiger partial charge in [-0.2, -0.15) is 0 Å². The first kappa shape index (κ1) is 8.09. The molecule has 1 N–H and O–H groups in total. The van der Waals surface area contributed by atoms with Crippen LogP contribution in [0.2, 0.25) is 0 Å². The van der Waals surface area contributed by atoms with Crippen molar-refractivity contribution in [3.63, 3.8) is 0 Å². The Labute approximate surface area is 73.0 Å². The molecular formula is C10H16O2. The lowest BCUT2D eigenvalue weighted by molar-refractivity contribution is -0.146. The largest absolute Gasteiger partial charge is 0.481 e. The first-order chi connectivity index (χ1) is 5.77. The Morgan fingerprint density at radius 1 is 1.17 bits per heavy atom. The summed E-state index contributed by atoms with van der Waals surface area (Å²) in [6, 6.07) is 0. The summed E-state index contributed by atoms with van der Waals surface area (Å²) in [7, 11) is 0. The first-order valence-corrected chi connectivity index (χ1v) is 5.00. The normalized spacial score (nSPS) is 40.8. The van der Waals surface area contributed by atoms with E-state index in [4.69, 9.17) is 5.11 Å². The number of rotatable bonds is 1. The molecule has 2 aliphatic rings. The molecule has 2 heteroatoms. The monoisotopic (exact) mass is 168 g/mol. The van der Waals surface area contributed by atoms with Gasteiger partial charge in [-0.1, -0.05) is 12.8 Å². The minimum absolute atomic E-state index is 0.0125. The maximum atomic E-state index is 10.9. The van der Waals surface area contributed by atoms with E-state index in [1.54, 1.807) is 0 Å². The molecule has 2 nitrogen and oxygen atoms in total. The Balaban J connectivity index is 2.04. The van der Waals surface area contributed by atoms with Gasteiger partial charge in [-0.05, 0) is 37.5 Å². The van der Waals surface area contributed by atoms with Gasteiger partial charge in [0.25, 0.3) is 0 Å². The van der Waals surface area contributed by atoms with E-state index >= 15 is 0 Å². The van der Waals surface area contributed by atoms with Crippen LogP contribution in [0.15, 0.2) is 0 Å². The highest BCUT2D eigenvalue weighted by molar-refractivity contribution is 5.70. The summed E-state index contributed by atoms with van der Waals surface area (Å²) in [4.78, 5) is 10.9. The van der Waals surface area contributed by atoms with Crippen molar-refractivity contribution in [1.29, 1.82) is 0 Å². The van der Waals surface area contributed by atoms with Crippen molar-refractivity contribution in [3.8, 4) is 0 Å².